The third-order valence-electron chi connectivity index (χ3n) is 8.03. The van der Waals surface area contributed by atoms with Crippen molar-refractivity contribution in [3.8, 4) is 0 Å². The van der Waals surface area contributed by atoms with Gasteiger partial charge in [-0.25, -0.2) is 9.59 Å². The van der Waals surface area contributed by atoms with Crippen molar-refractivity contribution < 1.29 is 38.6 Å². The lowest BCUT2D eigenvalue weighted by molar-refractivity contribution is -0.160. The maximum absolute atomic E-state index is 12.1. The molecule has 0 spiro atoms. The summed E-state index contributed by atoms with van der Waals surface area (Å²) < 4.78 is 9.66. The molecule has 0 rings (SSSR count). The summed E-state index contributed by atoms with van der Waals surface area (Å²) in [5, 5.41) is 11.3. The van der Waals surface area contributed by atoms with Crippen molar-refractivity contribution in [2.75, 3.05) is 13.2 Å². The summed E-state index contributed by atoms with van der Waals surface area (Å²) in [6.45, 7) is 6.88. The molecule has 0 aliphatic heterocycles. The van der Waals surface area contributed by atoms with Crippen molar-refractivity contribution in [1.82, 2.24) is 5.32 Å². The summed E-state index contributed by atoms with van der Waals surface area (Å²) in [5.41, 5.74) is 16.0. The number of rotatable bonds is 31. The molecule has 2 unspecified atom stereocenters. The van der Waals surface area contributed by atoms with Gasteiger partial charge < -0.3 is 37.1 Å². The lowest BCUT2D eigenvalue weighted by Crippen LogP contribution is -2.42. The number of esters is 3. The minimum absolute atomic E-state index is 0.0251. The maximum Gasteiger partial charge on any atom is 0.330 e. The van der Waals surface area contributed by atoms with Crippen LogP contribution in [-0.2, 0) is 33.4 Å². The fourth-order valence-corrected chi connectivity index (χ4v) is 5.07. The van der Waals surface area contributed by atoms with Crippen LogP contribution in [0.2, 0.25) is 0 Å². The standard InChI is InChI=1S/C20H40N4O3.C17H31NO5/c1-3-5-6-7-8-9-10-11-12-15-18(25)24-17(19(26)27-4-2)14-13-16-23-20(21)22;1-2-3-4-5-6-7-8-9-10-11-16(21)23-17(22)14(18)12-13-15(19)20/h17H,3-16H2,1-2H3,(H,24,25)(H4,21,22,23);14H,2-13,18H2,1H3,(H,19,20). The molecule has 292 valence electrons. The van der Waals surface area contributed by atoms with E-state index in [0.717, 1.165) is 25.7 Å². The van der Waals surface area contributed by atoms with Gasteiger partial charge in [-0.2, -0.15) is 0 Å². The Hall–Kier alpha value is -3.22. The van der Waals surface area contributed by atoms with Crippen LogP contribution in [0.1, 0.15) is 175 Å². The van der Waals surface area contributed by atoms with Crippen LogP contribution in [0.3, 0.4) is 0 Å². The van der Waals surface area contributed by atoms with Crippen LogP contribution in [-0.4, -0.2) is 66.1 Å². The number of carboxylic acid groups (broad SMARTS) is 1. The first-order valence-electron chi connectivity index (χ1n) is 19.2. The molecular formula is C37H71N5O8. The molecule has 0 fully saturated rings. The van der Waals surface area contributed by atoms with Crippen molar-refractivity contribution in [3.63, 3.8) is 0 Å². The van der Waals surface area contributed by atoms with Gasteiger partial charge in [-0.15, -0.1) is 0 Å². The van der Waals surface area contributed by atoms with Gasteiger partial charge in [-0.05, 0) is 39.0 Å². The van der Waals surface area contributed by atoms with Gasteiger partial charge >= 0.3 is 23.9 Å². The Morgan fingerprint density at radius 1 is 0.640 bits per heavy atom. The topological polar surface area (TPSA) is 226 Å². The molecule has 0 heterocycles. The molecule has 8 N–H and O–H groups in total. The largest absolute Gasteiger partial charge is 0.481 e. The van der Waals surface area contributed by atoms with E-state index in [-0.39, 0.29) is 37.7 Å². The van der Waals surface area contributed by atoms with E-state index in [2.05, 4.69) is 28.9 Å². The molecule has 13 heteroatoms. The molecule has 0 aliphatic carbocycles. The van der Waals surface area contributed by atoms with Gasteiger partial charge in [0.25, 0.3) is 0 Å². The number of nitrogens with one attached hydrogen (secondary N) is 1. The zero-order chi connectivity index (χ0) is 37.8. The first-order valence-corrected chi connectivity index (χ1v) is 19.2. The summed E-state index contributed by atoms with van der Waals surface area (Å²) >= 11 is 0. The van der Waals surface area contributed by atoms with Crippen LogP contribution in [0, 0.1) is 0 Å². The number of guanidine groups is 1. The van der Waals surface area contributed by atoms with Crippen LogP contribution in [0.5, 0.6) is 0 Å². The van der Waals surface area contributed by atoms with Gasteiger partial charge in [-0.3, -0.25) is 19.4 Å². The number of amides is 1. The number of carboxylic acids is 1. The average Bonchev–Trinajstić information content (AvgIpc) is 3.07. The summed E-state index contributed by atoms with van der Waals surface area (Å²) in [7, 11) is 0. The number of aliphatic carboxylic acids is 1. The molecule has 1 amide bonds. The highest BCUT2D eigenvalue weighted by Gasteiger charge is 2.21. The number of aliphatic imine (C=N–C) groups is 1. The Balaban J connectivity index is 0. The van der Waals surface area contributed by atoms with Crippen LogP contribution >= 0.6 is 0 Å². The van der Waals surface area contributed by atoms with E-state index in [1.165, 1.54) is 83.5 Å². The number of carbonyl (C=O) groups is 5. The summed E-state index contributed by atoms with van der Waals surface area (Å²) in [6, 6.07) is -1.69. The molecule has 0 aromatic carbocycles. The predicted octanol–water partition coefficient (Wildman–Crippen LogP) is 6.18. The normalized spacial score (nSPS) is 11.8. The number of unbranched alkanes of at least 4 members (excludes halogenated alkanes) is 16. The molecule has 0 saturated heterocycles. The zero-order valence-electron chi connectivity index (χ0n) is 31.5. The zero-order valence-corrected chi connectivity index (χ0v) is 31.5. The lowest BCUT2D eigenvalue weighted by atomic mass is 10.1. The van der Waals surface area contributed by atoms with Crippen molar-refractivity contribution in [3.05, 3.63) is 0 Å². The van der Waals surface area contributed by atoms with Gasteiger partial charge in [0.2, 0.25) is 5.91 Å². The molecule has 50 heavy (non-hydrogen) atoms. The van der Waals surface area contributed by atoms with E-state index in [1.807, 2.05) is 0 Å². The third kappa shape index (κ3) is 34.6. The first-order chi connectivity index (χ1) is 24.0. The van der Waals surface area contributed by atoms with Crippen molar-refractivity contribution in [2.45, 2.75) is 187 Å². The molecule has 0 radical (unpaired) electrons. The second kappa shape index (κ2) is 35.6. The number of nitrogens with zero attached hydrogens (tertiary/aromatic N) is 1. The Kier molecular flexibility index (Phi) is 34.8. The van der Waals surface area contributed by atoms with E-state index in [1.54, 1.807) is 6.92 Å². The Morgan fingerprint density at radius 2 is 1.12 bits per heavy atom. The van der Waals surface area contributed by atoms with Crippen LogP contribution < -0.4 is 22.5 Å². The smallest absolute Gasteiger partial charge is 0.330 e. The number of hydrogen-bond acceptors (Lipinski definition) is 9. The summed E-state index contributed by atoms with van der Waals surface area (Å²) in [5.74, 6) is -2.93. The van der Waals surface area contributed by atoms with Crippen LogP contribution in [0.15, 0.2) is 4.99 Å². The molecule has 0 aromatic heterocycles. The molecule has 0 aromatic rings. The number of hydrogen-bond donors (Lipinski definition) is 5. The average molecular weight is 714 g/mol. The number of nitrogens with two attached hydrogens (primary N) is 3. The summed E-state index contributed by atoms with van der Waals surface area (Å²) in [4.78, 5) is 61.4. The number of ether oxygens (including phenoxy) is 2. The maximum atomic E-state index is 12.1. The molecule has 2 atom stereocenters. The van der Waals surface area contributed by atoms with Crippen LogP contribution in [0.4, 0.5) is 0 Å². The van der Waals surface area contributed by atoms with E-state index < -0.39 is 36.0 Å². The van der Waals surface area contributed by atoms with Crippen molar-refractivity contribution in [2.24, 2.45) is 22.2 Å². The second-order valence-electron chi connectivity index (χ2n) is 12.8. The third-order valence-corrected chi connectivity index (χ3v) is 8.03. The van der Waals surface area contributed by atoms with Gasteiger partial charge in [0.05, 0.1) is 6.61 Å². The minimum Gasteiger partial charge on any atom is -0.481 e. The highest BCUT2D eigenvalue weighted by molar-refractivity contribution is 5.88. The molecular weight excluding hydrogens is 642 g/mol. The van der Waals surface area contributed by atoms with E-state index in [9.17, 15) is 24.0 Å². The van der Waals surface area contributed by atoms with E-state index in [4.69, 9.17) is 27.0 Å². The SMILES string of the molecule is CCCCCCCCCCCC(=O)NC(CCCN=C(N)N)C(=O)OCC.CCCCCCCCCCCC(=O)OC(=O)C(N)CCC(=O)O. The van der Waals surface area contributed by atoms with E-state index in [0.29, 0.717) is 32.2 Å². The van der Waals surface area contributed by atoms with Gasteiger partial charge in [0.1, 0.15) is 12.1 Å². The fourth-order valence-electron chi connectivity index (χ4n) is 5.07. The molecule has 0 aliphatic rings. The number of carbonyl (C=O) groups excluding carboxylic acids is 4. The van der Waals surface area contributed by atoms with Crippen LogP contribution in [0.25, 0.3) is 0 Å². The van der Waals surface area contributed by atoms with E-state index >= 15 is 0 Å². The quantitative estimate of drug-likeness (QED) is 0.0179. The first kappa shape index (κ1) is 48.9. The van der Waals surface area contributed by atoms with Crippen molar-refractivity contribution in [1.29, 1.82) is 0 Å². The monoisotopic (exact) mass is 714 g/mol. The highest BCUT2D eigenvalue weighted by atomic mass is 16.6. The lowest BCUT2D eigenvalue weighted by Gasteiger charge is -2.17. The van der Waals surface area contributed by atoms with Gasteiger partial charge in [0.15, 0.2) is 5.96 Å². The van der Waals surface area contributed by atoms with Crippen molar-refractivity contribution >= 4 is 35.7 Å². The molecule has 13 nitrogen and oxygen atoms in total. The van der Waals surface area contributed by atoms with Gasteiger partial charge in [-0.1, -0.05) is 117 Å². The Labute approximate surface area is 301 Å². The highest BCUT2D eigenvalue weighted by Crippen LogP contribution is 2.12. The summed E-state index contributed by atoms with van der Waals surface area (Å²) in [6.07, 6.45) is 22.6. The Morgan fingerprint density at radius 3 is 1.58 bits per heavy atom. The van der Waals surface area contributed by atoms with Gasteiger partial charge in [0, 0.05) is 25.8 Å². The molecule has 0 bridgehead atoms. The minimum atomic E-state index is -1.06. The Bertz CT molecular complexity index is 928. The predicted molar refractivity (Wildman–Crippen MR) is 198 cm³/mol. The second-order valence-corrected chi connectivity index (χ2v) is 12.8. The fraction of sp³-hybridized carbons (Fsp3) is 0.838. The molecule has 0 saturated carbocycles.